The number of carbonyl (C=O) groups is 2. The summed E-state index contributed by atoms with van der Waals surface area (Å²) in [5.74, 6) is -0.420. The number of hydrogen-bond donors (Lipinski definition) is 1. The molecule has 3 heterocycles. The van der Waals surface area contributed by atoms with Crippen LogP contribution in [0, 0.1) is 6.92 Å². The Labute approximate surface area is 245 Å². The number of nitrogens with one attached hydrogen (secondary N) is 1. The average Bonchev–Trinajstić information content (AvgIpc) is 3.46. The van der Waals surface area contributed by atoms with Crippen LogP contribution in [0.4, 0.5) is 0 Å². The van der Waals surface area contributed by atoms with Crippen LogP contribution < -0.4 is 24.4 Å². The molecule has 10 nitrogen and oxygen atoms in total. The van der Waals surface area contributed by atoms with Crippen molar-refractivity contribution in [3.63, 3.8) is 0 Å². The fourth-order valence-corrected chi connectivity index (χ4v) is 6.03. The fourth-order valence-electron chi connectivity index (χ4n) is 5.00. The average molecular weight is 590 g/mol. The summed E-state index contributed by atoms with van der Waals surface area (Å²) in [6, 6.07) is 12.2. The van der Waals surface area contributed by atoms with Crippen molar-refractivity contribution in [2.75, 3.05) is 26.9 Å². The monoisotopic (exact) mass is 589 g/mol. The zero-order valence-electron chi connectivity index (χ0n) is 24.0. The Morgan fingerprint density at radius 3 is 2.60 bits per heavy atom. The van der Waals surface area contributed by atoms with Crippen molar-refractivity contribution in [3.05, 3.63) is 90.2 Å². The van der Waals surface area contributed by atoms with Crippen molar-refractivity contribution >= 4 is 40.3 Å². The van der Waals surface area contributed by atoms with Gasteiger partial charge in [-0.3, -0.25) is 9.36 Å². The molecule has 0 amide bonds. The maximum absolute atomic E-state index is 14.1. The van der Waals surface area contributed by atoms with Gasteiger partial charge in [0.05, 0.1) is 42.2 Å². The third-order valence-corrected chi connectivity index (χ3v) is 7.88. The highest BCUT2D eigenvalue weighted by Gasteiger charge is 2.34. The van der Waals surface area contributed by atoms with Crippen molar-refractivity contribution in [2.24, 2.45) is 4.99 Å². The Morgan fingerprint density at radius 1 is 1.07 bits per heavy atom. The summed E-state index contributed by atoms with van der Waals surface area (Å²) in [5.41, 5.74) is 3.85. The maximum Gasteiger partial charge on any atom is 0.343 e. The Kier molecular flexibility index (Phi) is 8.30. The lowest BCUT2D eigenvalue weighted by molar-refractivity contribution is -0.143. The molecule has 0 saturated heterocycles. The molecule has 0 bridgehead atoms. The lowest BCUT2D eigenvalue weighted by Gasteiger charge is -2.25. The summed E-state index contributed by atoms with van der Waals surface area (Å²) >= 11 is 1.26. The quantitative estimate of drug-likeness (QED) is 0.297. The maximum atomic E-state index is 14.1. The predicted octanol–water partition coefficient (Wildman–Crippen LogP) is 3.54. The second-order valence-electron chi connectivity index (χ2n) is 9.52. The Balaban J connectivity index is 1.69. The van der Waals surface area contributed by atoms with E-state index in [1.54, 1.807) is 32.0 Å². The summed E-state index contributed by atoms with van der Waals surface area (Å²) in [7, 11) is 1.28. The van der Waals surface area contributed by atoms with Gasteiger partial charge in [-0.2, -0.15) is 0 Å². The molecule has 1 aliphatic rings. The molecule has 218 valence electrons. The normalized spacial score (nSPS) is 14.9. The van der Waals surface area contributed by atoms with Crippen LogP contribution in [0.25, 0.3) is 17.0 Å². The lowest BCUT2D eigenvalue weighted by Crippen LogP contribution is -2.40. The van der Waals surface area contributed by atoms with E-state index in [-0.39, 0.29) is 24.3 Å². The number of allylic oxidation sites excluding steroid dienone is 1. The number of H-pyrrole nitrogens is 1. The molecular weight excluding hydrogens is 558 g/mol. The summed E-state index contributed by atoms with van der Waals surface area (Å²) in [5, 5.41) is 1.00. The topological polar surface area (TPSA) is 121 Å². The molecule has 4 aromatic rings. The van der Waals surface area contributed by atoms with E-state index in [1.165, 1.54) is 23.0 Å². The number of esters is 2. The Hall–Kier alpha value is -4.64. The van der Waals surface area contributed by atoms with Gasteiger partial charge in [-0.15, -0.1) is 0 Å². The lowest BCUT2D eigenvalue weighted by atomic mass is 9.95. The second-order valence-corrected chi connectivity index (χ2v) is 10.5. The minimum absolute atomic E-state index is 0.164. The largest absolute Gasteiger partial charge is 0.490 e. The van der Waals surface area contributed by atoms with E-state index in [9.17, 15) is 14.4 Å². The smallest absolute Gasteiger partial charge is 0.343 e. The Bertz CT molecular complexity index is 1900. The molecule has 1 N–H and O–H groups in total. The van der Waals surface area contributed by atoms with Crippen molar-refractivity contribution < 1.29 is 28.5 Å². The molecule has 0 saturated carbocycles. The summed E-state index contributed by atoms with van der Waals surface area (Å²) in [4.78, 5) is 47.5. The number of thiazole rings is 1. The van der Waals surface area contributed by atoms with E-state index in [0.717, 1.165) is 22.2 Å². The number of aromatic amines is 1. The third kappa shape index (κ3) is 5.35. The van der Waals surface area contributed by atoms with E-state index in [1.807, 2.05) is 44.2 Å². The van der Waals surface area contributed by atoms with Gasteiger partial charge < -0.3 is 23.9 Å². The highest BCUT2D eigenvalue weighted by Crippen LogP contribution is 2.36. The van der Waals surface area contributed by atoms with E-state index >= 15 is 0 Å². The van der Waals surface area contributed by atoms with Crippen molar-refractivity contribution in [1.82, 2.24) is 9.55 Å². The minimum atomic E-state index is -0.833. The molecule has 0 radical (unpaired) electrons. The van der Waals surface area contributed by atoms with E-state index in [4.69, 9.17) is 14.2 Å². The predicted molar refractivity (Wildman–Crippen MR) is 159 cm³/mol. The number of hydrogen-bond acceptors (Lipinski definition) is 9. The molecule has 11 heteroatoms. The van der Waals surface area contributed by atoms with Crippen LogP contribution in [0.1, 0.15) is 43.6 Å². The zero-order valence-corrected chi connectivity index (χ0v) is 24.8. The van der Waals surface area contributed by atoms with Crippen LogP contribution in [0.2, 0.25) is 0 Å². The Morgan fingerprint density at radius 2 is 1.86 bits per heavy atom. The fraction of sp³-hybridized carbons (Fsp3) is 0.290. The van der Waals surface area contributed by atoms with Crippen molar-refractivity contribution in [1.29, 1.82) is 0 Å². The highest BCUT2D eigenvalue weighted by molar-refractivity contribution is 7.07. The van der Waals surface area contributed by atoms with Crippen LogP contribution in [-0.2, 0) is 19.1 Å². The molecular formula is C31H31N3O7S. The summed E-state index contributed by atoms with van der Waals surface area (Å²) < 4.78 is 23.5. The number of para-hydroxylation sites is 1. The van der Waals surface area contributed by atoms with Gasteiger partial charge in [0.15, 0.2) is 22.9 Å². The first-order valence-electron chi connectivity index (χ1n) is 13.5. The molecule has 0 unspecified atom stereocenters. The summed E-state index contributed by atoms with van der Waals surface area (Å²) in [6.45, 7) is 7.43. The zero-order chi connectivity index (χ0) is 30.0. The second kappa shape index (κ2) is 12.1. The SMILES string of the molecule is CCOC(=O)C1=C(C)N=c2s/c(=C\c3c(C)[nH]c4ccccc34)c(=O)n2[C@H]1c1ccc(OCC(=O)OC)c(OCC)c1. The van der Waals surface area contributed by atoms with Crippen molar-refractivity contribution in [2.45, 2.75) is 33.7 Å². The molecule has 5 rings (SSSR count). The van der Waals surface area contributed by atoms with Gasteiger partial charge in [-0.05, 0) is 57.5 Å². The minimum Gasteiger partial charge on any atom is -0.490 e. The molecule has 2 aromatic carbocycles. The van der Waals surface area contributed by atoms with E-state index in [2.05, 4.69) is 14.7 Å². The number of methoxy groups -OCH3 is 1. The number of aromatic nitrogens is 2. The van der Waals surface area contributed by atoms with Gasteiger partial charge >= 0.3 is 11.9 Å². The number of benzene rings is 2. The first kappa shape index (κ1) is 28.9. The van der Waals surface area contributed by atoms with Gasteiger partial charge in [0, 0.05) is 22.2 Å². The third-order valence-electron chi connectivity index (χ3n) is 6.89. The van der Waals surface area contributed by atoms with Crippen molar-refractivity contribution in [3.8, 4) is 11.5 Å². The molecule has 0 fully saturated rings. The van der Waals surface area contributed by atoms with Crippen LogP contribution in [0.5, 0.6) is 11.5 Å². The van der Waals surface area contributed by atoms with Gasteiger partial charge in [0.1, 0.15) is 0 Å². The first-order valence-corrected chi connectivity index (χ1v) is 14.3. The van der Waals surface area contributed by atoms with E-state index < -0.39 is 18.0 Å². The van der Waals surface area contributed by atoms with Gasteiger partial charge in [-0.25, -0.2) is 14.6 Å². The summed E-state index contributed by atoms with van der Waals surface area (Å²) in [6.07, 6.45) is 1.87. The van der Waals surface area contributed by atoms with Gasteiger partial charge in [0.2, 0.25) is 0 Å². The molecule has 0 aliphatic carbocycles. The first-order chi connectivity index (χ1) is 20.3. The number of carbonyl (C=O) groups excluding carboxylic acids is 2. The number of nitrogens with zero attached hydrogens (tertiary/aromatic N) is 2. The molecule has 1 aliphatic heterocycles. The van der Waals surface area contributed by atoms with Crippen LogP contribution >= 0.6 is 11.3 Å². The van der Waals surface area contributed by atoms with Crippen LogP contribution in [-0.4, -0.2) is 48.4 Å². The molecule has 0 spiro atoms. The standard InChI is InChI=1S/C31H31N3O7S/c1-6-39-24-14-19(12-13-23(24)41-16-26(35)38-5)28-27(30(37)40-7-2)18(4)33-31-34(28)29(36)25(42-31)15-21-17(3)32-22-11-9-8-10-20(21)22/h8-15,28,32H,6-7,16H2,1-5H3/b25-15-/t28-/m0/s1. The van der Waals surface area contributed by atoms with Gasteiger partial charge in [0.25, 0.3) is 5.56 Å². The molecule has 1 atom stereocenters. The number of ether oxygens (including phenoxy) is 4. The molecule has 42 heavy (non-hydrogen) atoms. The number of rotatable bonds is 9. The molecule has 2 aromatic heterocycles. The van der Waals surface area contributed by atoms with Crippen LogP contribution in [0.15, 0.2) is 63.5 Å². The van der Waals surface area contributed by atoms with Gasteiger partial charge in [-0.1, -0.05) is 35.6 Å². The highest BCUT2D eigenvalue weighted by atomic mass is 32.1. The number of aryl methyl sites for hydroxylation is 1. The van der Waals surface area contributed by atoms with Crippen LogP contribution in [0.3, 0.4) is 0 Å². The number of fused-ring (bicyclic) bond motifs is 2. The van der Waals surface area contributed by atoms with E-state index in [0.29, 0.717) is 38.7 Å².